The fourth-order valence-electron chi connectivity index (χ4n) is 3.72. The highest BCUT2D eigenvalue weighted by molar-refractivity contribution is 9.10. The molecule has 4 aromatic carbocycles. The van der Waals surface area contributed by atoms with Crippen molar-refractivity contribution >= 4 is 74.5 Å². The van der Waals surface area contributed by atoms with Crippen LogP contribution in [0.4, 0.5) is 11.4 Å². The van der Waals surface area contributed by atoms with Crippen molar-refractivity contribution in [2.24, 2.45) is 0 Å². The molecule has 0 fully saturated rings. The van der Waals surface area contributed by atoms with Gasteiger partial charge in [0.25, 0.3) is 11.8 Å². The number of thioether (sulfide) groups is 1. The first kappa shape index (κ1) is 30.1. The van der Waals surface area contributed by atoms with Crippen LogP contribution >= 0.6 is 39.3 Å². The second kappa shape index (κ2) is 14.2. The van der Waals surface area contributed by atoms with Gasteiger partial charge in [-0.2, -0.15) is 0 Å². The number of hydrogen-bond donors (Lipinski definition) is 3. The van der Waals surface area contributed by atoms with Gasteiger partial charge >= 0.3 is 0 Å². The number of nitrogens with one attached hydrogen (secondary N) is 3. The molecule has 0 saturated carbocycles. The summed E-state index contributed by atoms with van der Waals surface area (Å²) >= 11 is 11.0. The van der Waals surface area contributed by atoms with Crippen molar-refractivity contribution in [2.45, 2.75) is 24.0 Å². The highest BCUT2D eigenvalue weighted by Gasteiger charge is 2.17. The molecule has 0 aliphatic carbocycles. The van der Waals surface area contributed by atoms with Gasteiger partial charge in [0.05, 0.1) is 5.25 Å². The van der Waals surface area contributed by atoms with Crippen LogP contribution in [0.5, 0.6) is 0 Å². The SMILES string of the molecule is Cc1c(Cl)cccc1NC(=O)C(C)Sc1ccc(NC(=O)/C(=C/c2ccc(Br)cc2)NC(=O)c2ccccc2)cc1. The molecular formula is C32H27BrClN3O3S. The van der Waals surface area contributed by atoms with Gasteiger partial charge < -0.3 is 16.0 Å². The molecule has 6 nitrogen and oxygen atoms in total. The number of anilines is 2. The predicted molar refractivity (Wildman–Crippen MR) is 171 cm³/mol. The average molecular weight is 649 g/mol. The van der Waals surface area contributed by atoms with Gasteiger partial charge in [-0.15, -0.1) is 11.8 Å². The molecule has 3 N–H and O–H groups in total. The lowest BCUT2D eigenvalue weighted by atomic mass is 10.1. The maximum atomic E-state index is 13.3. The summed E-state index contributed by atoms with van der Waals surface area (Å²) in [6.07, 6.45) is 1.62. The third-order valence-corrected chi connectivity index (χ3v) is 8.08. The Morgan fingerprint density at radius 2 is 1.54 bits per heavy atom. The Morgan fingerprint density at radius 3 is 2.22 bits per heavy atom. The van der Waals surface area contributed by atoms with Crippen LogP contribution in [0.1, 0.15) is 28.4 Å². The van der Waals surface area contributed by atoms with Gasteiger partial charge in [-0.3, -0.25) is 14.4 Å². The first-order valence-electron chi connectivity index (χ1n) is 12.7. The Bertz CT molecular complexity index is 1580. The third-order valence-electron chi connectivity index (χ3n) is 6.03. The van der Waals surface area contributed by atoms with Gasteiger partial charge in [-0.25, -0.2) is 0 Å². The number of halogens is 2. The van der Waals surface area contributed by atoms with Crippen LogP contribution in [0.2, 0.25) is 5.02 Å². The van der Waals surface area contributed by atoms with Crippen LogP contribution in [-0.4, -0.2) is 23.0 Å². The first-order valence-corrected chi connectivity index (χ1v) is 14.7. The molecular weight excluding hydrogens is 622 g/mol. The number of rotatable bonds is 9. The molecule has 41 heavy (non-hydrogen) atoms. The van der Waals surface area contributed by atoms with Gasteiger partial charge in [-0.1, -0.05) is 63.9 Å². The van der Waals surface area contributed by atoms with Gasteiger partial charge in [0, 0.05) is 31.3 Å². The highest BCUT2D eigenvalue weighted by atomic mass is 79.9. The summed E-state index contributed by atoms with van der Waals surface area (Å²) in [6, 6.07) is 28.6. The van der Waals surface area contributed by atoms with Gasteiger partial charge in [-0.05, 0) is 91.7 Å². The van der Waals surface area contributed by atoms with E-state index in [4.69, 9.17) is 11.6 Å². The Morgan fingerprint density at radius 1 is 0.854 bits per heavy atom. The van der Waals surface area contributed by atoms with Crippen molar-refractivity contribution in [3.63, 3.8) is 0 Å². The molecule has 208 valence electrons. The fourth-order valence-corrected chi connectivity index (χ4v) is 5.02. The molecule has 0 radical (unpaired) electrons. The topological polar surface area (TPSA) is 87.3 Å². The molecule has 1 unspecified atom stereocenters. The Balaban J connectivity index is 1.43. The van der Waals surface area contributed by atoms with Crippen LogP contribution in [-0.2, 0) is 9.59 Å². The van der Waals surface area contributed by atoms with Crippen molar-refractivity contribution in [1.82, 2.24) is 5.32 Å². The van der Waals surface area contributed by atoms with Gasteiger partial charge in [0.1, 0.15) is 5.70 Å². The summed E-state index contributed by atoms with van der Waals surface area (Å²) in [5, 5.41) is 8.73. The molecule has 4 aromatic rings. The van der Waals surface area contributed by atoms with E-state index >= 15 is 0 Å². The molecule has 0 heterocycles. The molecule has 4 rings (SSSR count). The third kappa shape index (κ3) is 8.57. The summed E-state index contributed by atoms with van der Waals surface area (Å²) in [6.45, 7) is 3.68. The summed E-state index contributed by atoms with van der Waals surface area (Å²) in [5.74, 6) is -1.01. The lowest BCUT2D eigenvalue weighted by molar-refractivity contribution is -0.115. The highest BCUT2D eigenvalue weighted by Crippen LogP contribution is 2.28. The number of hydrogen-bond acceptors (Lipinski definition) is 4. The van der Waals surface area contributed by atoms with Crippen LogP contribution < -0.4 is 16.0 Å². The van der Waals surface area contributed by atoms with E-state index in [1.807, 2.05) is 62.4 Å². The predicted octanol–water partition coefficient (Wildman–Crippen LogP) is 7.94. The molecule has 0 aliphatic heterocycles. The zero-order valence-corrected chi connectivity index (χ0v) is 25.4. The van der Waals surface area contributed by atoms with E-state index < -0.39 is 11.8 Å². The van der Waals surface area contributed by atoms with Crippen molar-refractivity contribution < 1.29 is 14.4 Å². The quantitative estimate of drug-likeness (QED) is 0.127. The molecule has 0 bridgehead atoms. The molecule has 0 aromatic heterocycles. The number of carbonyl (C=O) groups excluding carboxylic acids is 3. The van der Waals surface area contributed by atoms with Crippen LogP contribution in [0.25, 0.3) is 6.08 Å². The lowest BCUT2D eigenvalue weighted by Gasteiger charge is -2.15. The normalized spacial score (nSPS) is 11.9. The monoisotopic (exact) mass is 647 g/mol. The molecule has 0 aliphatic rings. The van der Waals surface area contributed by atoms with E-state index in [1.165, 1.54) is 11.8 Å². The lowest BCUT2D eigenvalue weighted by Crippen LogP contribution is -2.30. The van der Waals surface area contributed by atoms with Gasteiger partial charge in [0.15, 0.2) is 0 Å². The molecule has 0 spiro atoms. The summed E-state index contributed by atoms with van der Waals surface area (Å²) in [4.78, 5) is 39.7. The fraction of sp³-hybridized carbons (Fsp3) is 0.0938. The zero-order valence-electron chi connectivity index (χ0n) is 22.3. The Kier molecular flexibility index (Phi) is 10.4. The number of carbonyl (C=O) groups is 3. The minimum Gasteiger partial charge on any atom is -0.325 e. The van der Waals surface area contributed by atoms with E-state index in [0.717, 1.165) is 20.5 Å². The summed E-state index contributed by atoms with van der Waals surface area (Å²) < 4.78 is 0.901. The van der Waals surface area contributed by atoms with E-state index in [0.29, 0.717) is 22.0 Å². The zero-order chi connectivity index (χ0) is 29.4. The minimum atomic E-state index is -0.470. The van der Waals surface area contributed by atoms with E-state index in [-0.39, 0.29) is 16.9 Å². The number of amides is 3. The summed E-state index contributed by atoms with van der Waals surface area (Å²) in [5.41, 5.74) is 3.32. The smallest absolute Gasteiger partial charge is 0.272 e. The Hall–Kier alpha value is -3.85. The number of benzene rings is 4. The van der Waals surface area contributed by atoms with E-state index in [2.05, 4.69) is 31.9 Å². The molecule has 9 heteroatoms. The van der Waals surface area contributed by atoms with Crippen LogP contribution in [0.3, 0.4) is 0 Å². The van der Waals surface area contributed by atoms with Gasteiger partial charge in [0.2, 0.25) is 5.91 Å². The van der Waals surface area contributed by atoms with Crippen molar-refractivity contribution in [3.8, 4) is 0 Å². The average Bonchev–Trinajstić information content (AvgIpc) is 2.97. The second-order valence-electron chi connectivity index (χ2n) is 9.07. The summed E-state index contributed by atoms with van der Waals surface area (Å²) in [7, 11) is 0. The van der Waals surface area contributed by atoms with E-state index in [1.54, 1.807) is 54.6 Å². The molecule has 3 amide bonds. The molecule has 0 saturated heterocycles. The van der Waals surface area contributed by atoms with Crippen molar-refractivity contribution in [2.75, 3.05) is 10.6 Å². The van der Waals surface area contributed by atoms with Crippen LogP contribution in [0, 0.1) is 6.92 Å². The maximum Gasteiger partial charge on any atom is 0.272 e. The van der Waals surface area contributed by atoms with Crippen LogP contribution in [0.15, 0.2) is 112 Å². The minimum absolute atomic E-state index is 0.0984. The Labute approximate surface area is 256 Å². The van der Waals surface area contributed by atoms with Crippen molar-refractivity contribution in [3.05, 3.63) is 129 Å². The second-order valence-corrected chi connectivity index (χ2v) is 11.8. The largest absolute Gasteiger partial charge is 0.325 e. The van der Waals surface area contributed by atoms with Crippen molar-refractivity contribution in [1.29, 1.82) is 0 Å². The maximum absolute atomic E-state index is 13.3. The first-order chi connectivity index (χ1) is 19.7. The van der Waals surface area contributed by atoms with E-state index in [9.17, 15) is 14.4 Å². The molecule has 1 atom stereocenters. The standard InChI is InChI=1S/C32H27BrClN3O3S/c1-20-27(34)9-6-10-28(20)36-30(38)21(2)41-26-17-15-25(16-18-26)35-32(40)29(19-22-11-13-24(33)14-12-22)37-31(39)23-7-4-3-5-8-23/h3-19,21H,1-2H3,(H,35,40)(H,36,38)(H,37,39)/b29-19-.